The minimum Gasteiger partial charge on any atom is -0.384 e. The normalized spacial score (nSPS) is 15.4. The summed E-state index contributed by atoms with van der Waals surface area (Å²) in [6, 6.07) is 8.06. The van der Waals surface area contributed by atoms with Crippen LogP contribution in [0.3, 0.4) is 0 Å². The van der Waals surface area contributed by atoms with Gasteiger partial charge in [-0.15, -0.1) is 0 Å². The molecule has 1 saturated carbocycles. The van der Waals surface area contributed by atoms with Crippen LogP contribution in [0.15, 0.2) is 24.3 Å². The summed E-state index contributed by atoms with van der Waals surface area (Å²) in [5, 5.41) is 3.00. The van der Waals surface area contributed by atoms with Gasteiger partial charge >= 0.3 is 0 Å². The van der Waals surface area contributed by atoms with E-state index in [4.69, 9.17) is 15.7 Å². The molecule has 1 amide bonds. The van der Waals surface area contributed by atoms with Crippen molar-refractivity contribution in [1.82, 2.24) is 19.9 Å². The summed E-state index contributed by atoms with van der Waals surface area (Å²) >= 11 is 0. The molecule has 0 saturated heterocycles. The van der Waals surface area contributed by atoms with Gasteiger partial charge in [-0.3, -0.25) is 4.79 Å². The van der Waals surface area contributed by atoms with Gasteiger partial charge in [0.25, 0.3) is 5.91 Å². The highest BCUT2D eigenvalue weighted by Gasteiger charge is 2.28. The van der Waals surface area contributed by atoms with Crippen LogP contribution >= 0.6 is 0 Å². The smallest absolute Gasteiger partial charge is 0.257 e. The lowest BCUT2D eigenvalue weighted by atomic mass is 9.95. The molecule has 2 heterocycles. The summed E-state index contributed by atoms with van der Waals surface area (Å²) in [7, 11) is 0. The van der Waals surface area contributed by atoms with Crippen LogP contribution < -0.4 is 11.1 Å². The zero-order valence-corrected chi connectivity index (χ0v) is 15.9. The van der Waals surface area contributed by atoms with Crippen LogP contribution in [-0.4, -0.2) is 27.0 Å². The first-order valence-electron chi connectivity index (χ1n) is 10.0. The lowest BCUT2D eigenvalue weighted by Crippen LogP contribution is -2.25. The molecule has 3 aromatic rings. The van der Waals surface area contributed by atoms with Gasteiger partial charge in [-0.05, 0) is 31.4 Å². The van der Waals surface area contributed by atoms with Crippen LogP contribution in [0, 0.1) is 0 Å². The molecule has 3 N–H and O–H groups in total. The van der Waals surface area contributed by atoms with Gasteiger partial charge in [-0.1, -0.05) is 44.7 Å². The number of fused-ring (bicyclic) bond motifs is 2. The average Bonchev–Trinajstić information content (AvgIpc) is 2.97. The third-order valence-corrected chi connectivity index (χ3v) is 5.52. The van der Waals surface area contributed by atoms with E-state index in [-0.39, 0.29) is 11.9 Å². The number of nitrogen functional groups attached to an aromatic ring is 1. The van der Waals surface area contributed by atoms with E-state index in [1.807, 2.05) is 24.3 Å². The van der Waals surface area contributed by atoms with Gasteiger partial charge < -0.3 is 15.6 Å². The highest BCUT2D eigenvalue weighted by molar-refractivity contribution is 6.10. The van der Waals surface area contributed by atoms with Gasteiger partial charge in [0.15, 0.2) is 5.65 Å². The molecule has 1 aliphatic rings. The summed E-state index contributed by atoms with van der Waals surface area (Å²) in [5.74, 6) is 0.353. The summed E-state index contributed by atoms with van der Waals surface area (Å²) in [5.41, 5.74) is 9.98. The number of rotatable bonds is 5. The lowest BCUT2D eigenvalue weighted by molar-refractivity contribution is 0.0955. The maximum absolute atomic E-state index is 12.9. The van der Waals surface area contributed by atoms with Crippen molar-refractivity contribution in [2.45, 2.75) is 57.9 Å². The summed E-state index contributed by atoms with van der Waals surface area (Å²) in [6.07, 6.45) is 7.74. The standard InChI is InChI=1S/C21H27N5O/c1-2-3-13-23-21(27)17-18-20(25-16-12-8-7-11-15(16)24-18)26(19(17)22)14-9-5-4-6-10-14/h7-8,11-12,14H,2-6,9-10,13,22H2,1H3,(H,23,27). The first kappa shape index (κ1) is 17.8. The molecular weight excluding hydrogens is 338 g/mol. The zero-order valence-electron chi connectivity index (χ0n) is 15.9. The second-order valence-corrected chi connectivity index (χ2v) is 7.42. The van der Waals surface area contributed by atoms with Crippen LogP contribution in [0.5, 0.6) is 0 Å². The minimum absolute atomic E-state index is 0.148. The van der Waals surface area contributed by atoms with Gasteiger partial charge in [0, 0.05) is 12.6 Å². The Kier molecular flexibility index (Phi) is 4.97. The van der Waals surface area contributed by atoms with Gasteiger partial charge in [-0.25, -0.2) is 9.97 Å². The summed E-state index contributed by atoms with van der Waals surface area (Å²) in [4.78, 5) is 22.5. The predicted molar refractivity (Wildman–Crippen MR) is 109 cm³/mol. The fourth-order valence-electron chi connectivity index (χ4n) is 4.08. The lowest BCUT2D eigenvalue weighted by Gasteiger charge is -2.25. The predicted octanol–water partition coefficient (Wildman–Crippen LogP) is 4.20. The van der Waals surface area contributed by atoms with Gasteiger partial charge in [0.05, 0.1) is 11.0 Å². The molecule has 0 atom stereocenters. The first-order chi connectivity index (χ1) is 13.2. The fourth-order valence-corrected chi connectivity index (χ4v) is 4.08. The molecule has 1 aliphatic carbocycles. The van der Waals surface area contributed by atoms with Crippen molar-refractivity contribution < 1.29 is 4.79 Å². The van der Waals surface area contributed by atoms with E-state index in [1.54, 1.807) is 0 Å². The highest BCUT2D eigenvalue weighted by Crippen LogP contribution is 2.36. The number of nitrogens with two attached hydrogens (primary N) is 1. The Hall–Kier alpha value is -2.63. The van der Waals surface area contributed by atoms with Crippen molar-refractivity contribution in [2.75, 3.05) is 12.3 Å². The number of unbranched alkanes of at least 4 members (excludes halogenated alkanes) is 1. The number of carbonyl (C=O) groups excluding carboxylic acids is 1. The monoisotopic (exact) mass is 365 g/mol. The Morgan fingerprint density at radius 1 is 1.19 bits per heavy atom. The van der Waals surface area contributed by atoms with Gasteiger partial charge in [0.2, 0.25) is 0 Å². The second-order valence-electron chi connectivity index (χ2n) is 7.42. The van der Waals surface area contributed by atoms with E-state index >= 15 is 0 Å². The van der Waals surface area contributed by atoms with Crippen molar-refractivity contribution in [1.29, 1.82) is 0 Å². The van der Waals surface area contributed by atoms with Crippen molar-refractivity contribution >= 4 is 33.9 Å². The number of carbonyl (C=O) groups is 1. The number of anilines is 1. The van der Waals surface area contributed by atoms with Crippen molar-refractivity contribution in [3.8, 4) is 0 Å². The highest BCUT2D eigenvalue weighted by atomic mass is 16.1. The SMILES string of the molecule is CCCCNC(=O)c1c(N)n(C2CCCCC2)c2nc3ccccc3nc12. The van der Waals surface area contributed by atoms with Crippen LogP contribution in [0.2, 0.25) is 0 Å². The van der Waals surface area contributed by atoms with Gasteiger partial charge in [0.1, 0.15) is 16.9 Å². The van der Waals surface area contributed by atoms with E-state index in [9.17, 15) is 4.79 Å². The molecule has 2 aromatic heterocycles. The molecular formula is C21H27N5O. The van der Waals surface area contributed by atoms with Crippen molar-refractivity contribution in [2.24, 2.45) is 0 Å². The molecule has 0 unspecified atom stereocenters. The van der Waals surface area contributed by atoms with E-state index in [0.717, 1.165) is 42.4 Å². The number of amides is 1. The Morgan fingerprint density at radius 3 is 2.59 bits per heavy atom. The molecule has 27 heavy (non-hydrogen) atoms. The molecule has 1 aromatic carbocycles. The Morgan fingerprint density at radius 2 is 1.89 bits per heavy atom. The maximum Gasteiger partial charge on any atom is 0.257 e. The topological polar surface area (TPSA) is 85.8 Å². The van der Waals surface area contributed by atoms with E-state index < -0.39 is 0 Å². The number of aromatic nitrogens is 3. The molecule has 0 radical (unpaired) electrons. The minimum atomic E-state index is -0.148. The van der Waals surface area contributed by atoms with Crippen LogP contribution in [-0.2, 0) is 0 Å². The van der Waals surface area contributed by atoms with Crippen LogP contribution in [0.25, 0.3) is 22.2 Å². The first-order valence-corrected chi connectivity index (χ1v) is 10.0. The van der Waals surface area contributed by atoms with Crippen molar-refractivity contribution in [3.05, 3.63) is 29.8 Å². The quantitative estimate of drug-likeness (QED) is 0.664. The molecule has 0 aliphatic heterocycles. The fraction of sp³-hybridized carbons (Fsp3) is 0.476. The summed E-state index contributed by atoms with van der Waals surface area (Å²) < 4.78 is 2.07. The number of hydrogen-bond acceptors (Lipinski definition) is 4. The Bertz CT molecular complexity index is 972. The average molecular weight is 365 g/mol. The molecule has 142 valence electrons. The molecule has 4 rings (SSSR count). The third-order valence-electron chi connectivity index (χ3n) is 5.52. The van der Waals surface area contributed by atoms with E-state index in [2.05, 4.69) is 16.8 Å². The van der Waals surface area contributed by atoms with E-state index in [0.29, 0.717) is 23.4 Å². The van der Waals surface area contributed by atoms with E-state index in [1.165, 1.54) is 19.3 Å². The molecule has 1 fully saturated rings. The molecule has 0 bridgehead atoms. The third kappa shape index (κ3) is 3.24. The molecule has 0 spiro atoms. The number of nitrogens with zero attached hydrogens (tertiary/aromatic N) is 3. The Labute approximate surface area is 159 Å². The zero-order chi connectivity index (χ0) is 18.8. The summed E-state index contributed by atoms with van der Waals surface area (Å²) in [6.45, 7) is 2.75. The van der Waals surface area contributed by atoms with Crippen molar-refractivity contribution in [3.63, 3.8) is 0 Å². The number of benzene rings is 1. The second kappa shape index (κ2) is 7.55. The van der Waals surface area contributed by atoms with Crippen LogP contribution in [0.1, 0.15) is 68.3 Å². The Balaban J connectivity index is 1.88. The number of nitrogens with one attached hydrogen (secondary N) is 1. The van der Waals surface area contributed by atoms with Gasteiger partial charge in [-0.2, -0.15) is 0 Å². The number of hydrogen-bond donors (Lipinski definition) is 2. The maximum atomic E-state index is 12.9. The largest absolute Gasteiger partial charge is 0.384 e. The molecule has 6 nitrogen and oxygen atoms in total. The van der Waals surface area contributed by atoms with Crippen LogP contribution in [0.4, 0.5) is 5.82 Å². The number of para-hydroxylation sites is 2. The molecule has 6 heteroatoms.